The third-order valence-electron chi connectivity index (χ3n) is 2.71. The molecule has 3 nitrogen and oxygen atoms in total. The van der Waals surface area contributed by atoms with Gasteiger partial charge in [0.05, 0.1) is 19.8 Å². The quantitative estimate of drug-likeness (QED) is 0.775. The number of benzene rings is 2. The van der Waals surface area contributed by atoms with Crippen LogP contribution in [0.5, 0.6) is 5.75 Å². The Morgan fingerprint density at radius 3 is 2.33 bits per heavy atom. The summed E-state index contributed by atoms with van der Waals surface area (Å²) in [7, 11) is 2.95. The molecule has 92 valence electrons. The van der Waals surface area contributed by atoms with E-state index >= 15 is 0 Å². The first-order valence-electron chi connectivity index (χ1n) is 5.58. The lowest BCUT2D eigenvalue weighted by atomic mass is 10.0. The molecule has 0 N–H and O–H groups in total. The van der Waals surface area contributed by atoms with Crippen LogP contribution in [0.1, 0.15) is 10.4 Å². The number of carbonyl (C=O) groups excluding carboxylic acids is 1. The van der Waals surface area contributed by atoms with E-state index in [1.165, 1.54) is 7.11 Å². The van der Waals surface area contributed by atoms with Gasteiger partial charge in [-0.1, -0.05) is 30.3 Å². The first kappa shape index (κ1) is 12.2. The van der Waals surface area contributed by atoms with Gasteiger partial charge in [0.1, 0.15) is 5.75 Å². The maximum absolute atomic E-state index is 11.5. The molecule has 2 aromatic rings. The van der Waals surface area contributed by atoms with Crippen LogP contribution in [0.4, 0.5) is 0 Å². The Hall–Kier alpha value is -2.29. The molecule has 0 aliphatic rings. The van der Waals surface area contributed by atoms with E-state index in [0.29, 0.717) is 11.3 Å². The van der Waals surface area contributed by atoms with Crippen molar-refractivity contribution in [3.05, 3.63) is 54.1 Å². The Labute approximate surface area is 106 Å². The molecule has 0 aliphatic carbocycles. The van der Waals surface area contributed by atoms with E-state index < -0.39 is 0 Å². The van der Waals surface area contributed by atoms with E-state index in [4.69, 9.17) is 4.74 Å². The van der Waals surface area contributed by atoms with Crippen LogP contribution in [0.2, 0.25) is 0 Å². The lowest BCUT2D eigenvalue weighted by molar-refractivity contribution is 0.0600. The standard InChI is InChI=1S/C15H14O3/c1-17-14-10-12(15(16)18-2)8-9-13(14)11-6-4-3-5-7-11/h3-10H,1-2H3. The van der Waals surface area contributed by atoms with Gasteiger partial charge in [0.25, 0.3) is 0 Å². The Balaban J connectivity index is 2.47. The number of ether oxygens (including phenoxy) is 2. The molecule has 2 aromatic carbocycles. The predicted octanol–water partition coefficient (Wildman–Crippen LogP) is 3.15. The second-order valence-electron chi connectivity index (χ2n) is 3.77. The molecule has 0 heterocycles. The van der Waals surface area contributed by atoms with Crippen LogP contribution in [0.25, 0.3) is 11.1 Å². The van der Waals surface area contributed by atoms with Gasteiger partial charge in [0.15, 0.2) is 0 Å². The Morgan fingerprint density at radius 1 is 1.00 bits per heavy atom. The van der Waals surface area contributed by atoms with Crippen molar-refractivity contribution in [3.8, 4) is 16.9 Å². The highest BCUT2D eigenvalue weighted by Crippen LogP contribution is 2.30. The van der Waals surface area contributed by atoms with Crippen molar-refractivity contribution in [2.45, 2.75) is 0 Å². The summed E-state index contributed by atoms with van der Waals surface area (Å²) in [6.45, 7) is 0. The van der Waals surface area contributed by atoms with Crippen molar-refractivity contribution in [1.29, 1.82) is 0 Å². The van der Waals surface area contributed by atoms with E-state index in [2.05, 4.69) is 4.74 Å². The van der Waals surface area contributed by atoms with E-state index in [0.717, 1.165) is 11.1 Å². The van der Waals surface area contributed by atoms with Gasteiger partial charge in [-0.25, -0.2) is 4.79 Å². The van der Waals surface area contributed by atoms with E-state index in [-0.39, 0.29) is 5.97 Å². The van der Waals surface area contributed by atoms with Crippen LogP contribution in [-0.4, -0.2) is 20.2 Å². The second-order valence-corrected chi connectivity index (χ2v) is 3.77. The van der Waals surface area contributed by atoms with Crippen molar-refractivity contribution in [2.75, 3.05) is 14.2 Å². The Morgan fingerprint density at radius 2 is 1.72 bits per heavy atom. The molecule has 0 radical (unpaired) electrons. The van der Waals surface area contributed by atoms with Gasteiger partial charge in [0.2, 0.25) is 0 Å². The van der Waals surface area contributed by atoms with Gasteiger partial charge < -0.3 is 9.47 Å². The molecule has 0 aromatic heterocycles. The number of carbonyl (C=O) groups is 1. The van der Waals surface area contributed by atoms with Gasteiger partial charge in [-0.15, -0.1) is 0 Å². The summed E-state index contributed by atoms with van der Waals surface area (Å²) >= 11 is 0. The zero-order valence-electron chi connectivity index (χ0n) is 10.3. The molecule has 0 atom stereocenters. The number of methoxy groups -OCH3 is 2. The minimum absolute atomic E-state index is 0.368. The summed E-state index contributed by atoms with van der Waals surface area (Å²) in [5.41, 5.74) is 2.48. The summed E-state index contributed by atoms with van der Waals surface area (Å²) in [6.07, 6.45) is 0. The maximum atomic E-state index is 11.5. The fourth-order valence-electron chi connectivity index (χ4n) is 1.79. The highest BCUT2D eigenvalue weighted by Gasteiger charge is 2.11. The molecule has 2 rings (SSSR count). The molecule has 0 bridgehead atoms. The summed E-state index contributed by atoms with van der Waals surface area (Å²) in [5.74, 6) is 0.289. The minimum Gasteiger partial charge on any atom is -0.496 e. The molecule has 18 heavy (non-hydrogen) atoms. The van der Waals surface area contributed by atoms with Crippen molar-refractivity contribution in [2.24, 2.45) is 0 Å². The molecular formula is C15H14O3. The highest BCUT2D eigenvalue weighted by molar-refractivity contribution is 5.91. The van der Waals surface area contributed by atoms with Gasteiger partial charge in [-0.2, -0.15) is 0 Å². The van der Waals surface area contributed by atoms with E-state index in [1.54, 1.807) is 19.2 Å². The topological polar surface area (TPSA) is 35.5 Å². The molecule has 0 saturated heterocycles. The van der Waals surface area contributed by atoms with Gasteiger partial charge in [-0.3, -0.25) is 0 Å². The monoisotopic (exact) mass is 242 g/mol. The average Bonchev–Trinajstić information content (AvgIpc) is 2.46. The number of esters is 1. The molecule has 0 spiro atoms. The average molecular weight is 242 g/mol. The van der Waals surface area contributed by atoms with Crippen molar-refractivity contribution < 1.29 is 14.3 Å². The third-order valence-corrected chi connectivity index (χ3v) is 2.71. The van der Waals surface area contributed by atoms with Crippen LogP contribution in [0, 0.1) is 0 Å². The van der Waals surface area contributed by atoms with Crippen LogP contribution in [-0.2, 0) is 4.74 Å². The lowest BCUT2D eigenvalue weighted by Crippen LogP contribution is -2.01. The fourth-order valence-corrected chi connectivity index (χ4v) is 1.79. The molecule has 0 amide bonds. The summed E-state index contributed by atoms with van der Waals surface area (Å²) < 4.78 is 10.0. The minimum atomic E-state index is -0.368. The van der Waals surface area contributed by atoms with Crippen LogP contribution < -0.4 is 4.74 Å². The third kappa shape index (κ3) is 2.35. The van der Waals surface area contributed by atoms with E-state index in [9.17, 15) is 4.79 Å². The van der Waals surface area contributed by atoms with Crippen LogP contribution in [0.3, 0.4) is 0 Å². The molecule has 0 saturated carbocycles. The Kier molecular flexibility index (Phi) is 3.63. The zero-order chi connectivity index (χ0) is 13.0. The summed E-state index contributed by atoms with van der Waals surface area (Å²) in [6, 6.07) is 15.2. The van der Waals surface area contributed by atoms with E-state index in [1.807, 2.05) is 36.4 Å². The van der Waals surface area contributed by atoms with Crippen molar-refractivity contribution in [1.82, 2.24) is 0 Å². The zero-order valence-corrected chi connectivity index (χ0v) is 10.3. The van der Waals surface area contributed by atoms with Gasteiger partial charge in [-0.05, 0) is 23.8 Å². The summed E-state index contributed by atoms with van der Waals surface area (Å²) in [4.78, 5) is 11.5. The maximum Gasteiger partial charge on any atom is 0.337 e. The smallest absolute Gasteiger partial charge is 0.337 e. The Bertz CT molecular complexity index is 547. The molecular weight excluding hydrogens is 228 g/mol. The van der Waals surface area contributed by atoms with Gasteiger partial charge >= 0.3 is 5.97 Å². The molecule has 0 fully saturated rings. The number of hydrogen-bond donors (Lipinski definition) is 0. The largest absolute Gasteiger partial charge is 0.496 e. The second kappa shape index (κ2) is 5.36. The molecule has 0 unspecified atom stereocenters. The highest BCUT2D eigenvalue weighted by atomic mass is 16.5. The van der Waals surface area contributed by atoms with Crippen LogP contribution in [0.15, 0.2) is 48.5 Å². The van der Waals surface area contributed by atoms with Crippen molar-refractivity contribution >= 4 is 5.97 Å². The van der Waals surface area contributed by atoms with Crippen molar-refractivity contribution in [3.63, 3.8) is 0 Å². The number of hydrogen-bond acceptors (Lipinski definition) is 3. The van der Waals surface area contributed by atoms with Crippen LogP contribution >= 0.6 is 0 Å². The van der Waals surface area contributed by atoms with Gasteiger partial charge in [0, 0.05) is 5.56 Å². The summed E-state index contributed by atoms with van der Waals surface area (Å²) in [5, 5.41) is 0. The lowest BCUT2D eigenvalue weighted by Gasteiger charge is -2.10. The SMILES string of the molecule is COC(=O)c1ccc(-c2ccccc2)c(OC)c1. The normalized spacial score (nSPS) is 9.89. The predicted molar refractivity (Wildman–Crippen MR) is 69.8 cm³/mol. The molecule has 0 aliphatic heterocycles. The molecule has 3 heteroatoms. The first-order valence-corrected chi connectivity index (χ1v) is 5.58. The fraction of sp³-hybridized carbons (Fsp3) is 0.133. The number of rotatable bonds is 3. The first-order chi connectivity index (χ1) is 8.76.